The molecular formula is C26H28N2O5. The van der Waals surface area contributed by atoms with Crippen LogP contribution >= 0.6 is 0 Å². The van der Waals surface area contributed by atoms with E-state index in [1.165, 1.54) is 6.07 Å². The predicted molar refractivity (Wildman–Crippen MR) is 126 cm³/mol. The molecule has 172 valence electrons. The number of hydrogen-bond acceptors (Lipinski definition) is 5. The van der Waals surface area contributed by atoms with Crippen molar-refractivity contribution < 1.29 is 24.5 Å². The summed E-state index contributed by atoms with van der Waals surface area (Å²) >= 11 is 0. The highest BCUT2D eigenvalue weighted by molar-refractivity contribution is 5.97. The minimum Gasteiger partial charge on any atom is -0.508 e. The van der Waals surface area contributed by atoms with Gasteiger partial charge in [0.15, 0.2) is 0 Å². The van der Waals surface area contributed by atoms with Gasteiger partial charge >= 0.3 is 5.97 Å². The molecule has 33 heavy (non-hydrogen) atoms. The number of carboxylic acids is 1. The molecule has 0 aliphatic heterocycles. The lowest BCUT2D eigenvalue weighted by atomic mass is 10.0. The number of ether oxygens (including phenoxy) is 1. The van der Waals surface area contributed by atoms with Gasteiger partial charge in [-0.2, -0.15) is 0 Å². The summed E-state index contributed by atoms with van der Waals surface area (Å²) in [6.45, 7) is 0.394. The third kappa shape index (κ3) is 7.28. The van der Waals surface area contributed by atoms with Crippen molar-refractivity contribution in [3.63, 3.8) is 0 Å². The van der Waals surface area contributed by atoms with Crippen LogP contribution in [0.25, 0.3) is 0 Å². The number of benzene rings is 3. The lowest BCUT2D eigenvalue weighted by Gasteiger charge is -2.16. The number of nitrogens with one attached hydrogen (secondary N) is 1. The second-order valence-electron chi connectivity index (χ2n) is 7.76. The number of hydrogen-bond donors (Lipinski definition) is 4. The smallest absolute Gasteiger partial charge is 0.326 e. The summed E-state index contributed by atoms with van der Waals surface area (Å²) in [6, 6.07) is 20.2. The molecule has 0 aliphatic rings. The van der Waals surface area contributed by atoms with Gasteiger partial charge in [-0.05, 0) is 67.1 Å². The second-order valence-corrected chi connectivity index (χ2v) is 7.76. The van der Waals surface area contributed by atoms with Crippen molar-refractivity contribution in [2.24, 2.45) is 0 Å². The minimum absolute atomic E-state index is 0.225. The Morgan fingerprint density at radius 2 is 1.64 bits per heavy atom. The fourth-order valence-electron chi connectivity index (χ4n) is 3.38. The van der Waals surface area contributed by atoms with Crippen LogP contribution < -0.4 is 15.8 Å². The van der Waals surface area contributed by atoms with Crippen LogP contribution in [0, 0.1) is 0 Å². The number of aliphatic carboxylic acids is 1. The van der Waals surface area contributed by atoms with Gasteiger partial charge in [-0.25, -0.2) is 4.79 Å². The number of carbonyl (C=O) groups excluding carboxylic acids is 1. The zero-order chi connectivity index (χ0) is 23.6. The van der Waals surface area contributed by atoms with E-state index in [-0.39, 0.29) is 17.7 Å². The molecule has 0 saturated carbocycles. The van der Waals surface area contributed by atoms with Crippen LogP contribution in [0.3, 0.4) is 0 Å². The lowest BCUT2D eigenvalue weighted by molar-refractivity contribution is -0.139. The van der Waals surface area contributed by atoms with Crippen molar-refractivity contribution in [2.45, 2.75) is 31.7 Å². The van der Waals surface area contributed by atoms with Crippen LogP contribution in [-0.4, -0.2) is 34.7 Å². The molecule has 7 heteroatoms. The zero-order valence-corrected chi connectivity index (χ0v) is 18.2. The maximum absolute atomic E-state index is 12.7. The number of carbonyl (C=O) groups is 2. The molecule has 0 aliphatic carbocycles. The first-order chi connectivity index (χ1) is 15.9. The van der Waals surface area contributed by atoms with Gasteiger partial charge in [0, 0.05) is 5.56 Å². The third-order valence-electron chi connectivity index (χ3n) is 5.25. The van der Waals surface area contributed by atoms with E-state index in [1.807, 2.05) is 42.5 Å². The first-order valence-corrected chi connectivity index (χ1v) is 10.8. The predicted octanol–water partition coefficient (Wildman–Crippen LogP) is 3.80. The molecule has 3 aromatic carbocycles. The molecule has 0 saturated heterocycles. The number of anilines is 1. The van der Waals surface area contributed by atoms with E-state index in [2.05, 4.69) is 5.32 Å². The van der Waals surface area contributed by atoms with Crippen molar-refractivity contribution in [3.8, 4) is 11.5 Å². The average Bonchev–Trinajstić information content (AvgIpc) is 2.82. The van der Waals surface area contributed by atoms with Crippen molar-refractivity contribution in [1.82, 2.24) is 5.32 Å². The summed E-state index contributed by atoms with van der Waals surface area (Å²) in [5.74, 6) is -0.975. The van der Waals surface area contributed by atoms with Gasteiger partial charge in [0.2, 0.25) is 0 Å². The summed E-state index contributed by atoms with van der Waals surface area (Å²) in [7, 11) is 0. The van der Waals surface area contributed by atoms with Crippen molar-refractivity contribution in [1.29, 1.82) is 0 Å². The van der Waals surface area contributed by atoms with Gasteiger partial charge in [0.05, 0.1) is 12.3 Å². The maximum atomic E-state index is 12.7. The zero-order valence-electron chi connectivity index (χ0n) is 18.2. The van der Waals surface area contributed by atoms with Crippen LogP contribution in [0.5, 0.6) is 11.5 Å². The first-order valence-electron chi connectivity index (χ1n) is 10.8. The molecule has 0 spiro atoms. The van der Waals surface area contributed by atoms with E-state index >= 15 is 0 Å². The monoisotopic (exact) mass is 448 g/mol. The summed E-state index contributed by atoms with van der Waals surface area (Å²) in [5, 5.41) is 21.5. The van der Waals surface area contributed by atoms with Crippen LogP contribution in [-0.2, 0) is 17.6 Å². The van der Waals surface area contributed by atoms with Gasteiger partial charge in [0.25, 0.3) is 5.91 Å². The number of rotatable bonds is 11. The summed E-state index contributed by atoms with van der Waals surface area (Å²) in [4.78, 5) is 24.3. The molecule has 0 aromatic heterocycles. The van der Waals surface area contributed by atoms with E-state index in [9.17, 15) is 19.8 Å². The molecule has 0 heterocycles. The number of nitrogens with two attached hydrogens (primary N) is 1. The standard InChI is InChI=1S/C26H28N2O5/c27-22-14-11-20(17-24(22)33-16-4-7-19-8-12-21(29)13-9-19)25(30)28-23(26(31)32)15-10-18-5-2-1-3-6-18/h1-3,5-6,8-9,11-14,17,23,29H,4,7,10,15-16,27H2,(H,28,30)(H,31,32)/t23-/m0/s1. The largest absolute Gasteiger partial charge is 0.508 e. The van der Waals surface area contributed by atoms with Gasteiger partial charge in [0.1, 0.15) is 17.5 Å². The van der Waals surface area contributed by atoms with E-state index < -0.39 is 17.9 Å². The molecule has 7 nitrogen and oxygen atoms in total. The topological polar surface area (TPSA) is 122 Å². The third-order valence-corrected chi connectivity index (χ3v) is 5.25. The van der Waals surface area contributed by atoms with E-state index in [0.717, 1.165) is 24.0 Å². The van der Waals surface area contributed by atoms with E-state index in [4.69, 9.17) is 10.5 Å². The maximum Gasteiger partial charge on any atom is 0.326 e. The number of nitrogen functional groups attached to an aromatic ring is 1. The molecule has 1 atom stereocenters. The normalized spacial score (nSPS) is 11.5. The molecule has 0 fully saturated rings. The molecule has 3 rings (SSSR count). The molecular weight excluding hydrogens is 420 g/mol. The highest BCUT2D eigenvalue weighted by Gasteiger charge is 2.21. The van der Waals surface area contributed by atoms with Crippen LogP contribution in [0.15, 0.2) is 72.8 Å². The summed E-state index contributed by atoms with van der Waals surface area (Å²) in [6.07, 6.45) is 2.30. The van der Waals surface area contributed by atoms with Crippen LogP contribution in [0.2, 0.25) is 0 Å². The Balaban J connectivity index is 1.55. The van der Waals surface area contributed by atoms with Crippen molar-refractivity contribution >= 4 is 17.6 Å². The Morgan fingerprint density at radius 1 is 0.939 bits per heavy atom. The molecule has 0 radical (unpaired) electrons. The van der Waals surface area contributed by atoms with Gasteiger partial charge in [-0.15, -0.1) is 0 Å². The number of aryl methyl sites for hydroxylation is 2. The van der Waals surface area contributed by atoms with Crippen molar-refractivity contribution in [3.05, 3.63) is 89.5 Å². The number of carboxylic acid groups (broad SMARTS) is 1. The first kappa shape index (κ1) is 23.7. The Morgan fingerprint density at radius 3 is 2.33 bits per heavy atom. The Kier molecular flexibility index (Phi) is 8.30. The molecule has 0 bridgehead atoms. The van der Waals surface area contributed by atoms with Gasteiger partial charge in [-0.3, -0.25) is 4.79 Å². The van der Waals surface area contributed by atoms with E-state index in [1.54, 1.807) is 24.3 Å². The SMILES string of the molecule is Nc1ccc(C(=O)N[C@@H](CCc2ccccc2)C(=O)O)cc1OCCCc1ccc(O)cc1. The van der Waals surface area contributed by atoms with Crippen LogP contribution in [0.4, 0.5) is 5.69 Å². The van der Waals surface area contributed by atoms with E-state index in [0.29, 0.717) is 24.5 Å². The molecule has 5 N–H and O–H groups in total. The minimum atomic E-state index is -1.08. The molecule has 0 unspecified atom stereocenters. The molecule has 3 aromatic rings. The summed E-state index contributed by atoms with van der Waals surface area (Å²) in [5.41, 5.74) is 8.75. The average molecular weight is 449 g/mol. The van der Waals surface area contributed by atoms with Gasteiger partial charge < -0.3 is 26.0 Å². The lowest BCUT2D eigenvalue weighted by Crippen LogP contribution is -2.41. The molecule has 1 amide bonds. The highest BCUT2D eigenvalue weighted by atomic mass is 16.5. The van der Waals surface area contributed by atoms with Crippen LogP contribution in [0.1, 0.15) is 34.3 Å². The van der Waals surface area contributed by atoms with Crippen molar-refractivity contribution in [2.75, 3.05) is 12.3 Å². The quantitative estimate of drug-likeness (QED) is 0.261. The Hall–Kier alpha value is -4.00. The summed E-state index contributed by atoms with van der Waals surface area (Å²) < 4.78 is 5.76. The highest BCUT2D eigenvalue weighted by Crippen LogP contribution is 2.23. The fourth-order valence-corrected chi connectivity index (χ4v) is 3.38. The number of phenols is 1. The van der Waals surface area contributed by atoms with Gasteiger partial charge in [-0.1, -0.05) is 42.5 Å². The Bertz CT molecular complexity index is 1070. The number of amides is 1. The number of aromatic hydroxyl groups is 1. The Labute approximate surface area is 192 Å². The fraction of sp³-hybridized carbons (Fsp3) is 0.231. The second kappa shape index (κ2) is 11.6. The number of phenolic OH excluding ortho intramolecular Hbond substituents is 1.